The molecule has 0 aliphatic carbocycles. The van der Waals surface area contributed by atoms with E-state index < -0.39 is 20.8 Å². The maximum absolute atomic E-state index is 14.0. The number of non-ortho nitro benzene ring substituents is 1. The Kier molecular flexibility index (Phi) is 5.92. The average molecular weight is 409 g/mol. The highest BCUT2D eigenvalue weighted by atomic mass is 32.2. The lowest BCUT2D eigenvalue weighted by atomic mass is 10.2. The van der Waals surface area contributed by atoms with Gasteiger partial charge in [-0.1, -0.05) is 18.2 Å². The molecule has 0 N–H and O–H groups in total. The summed E-state index contributed by atoms with van der Waals surface area (Å²) in [5.41, 5.74) is 0.327. The van der Waals surface area contributed by atoms with Crippen LogP contribution in [-0.4, -0.2) is 51.0 Å². The minimum atomic E-state index is -3.98. The number of nitro benzene ring substituents is 1. The first-order chi connectivity index (χ1) is 13.3. The fourth-order valence-electron chi connectivity index (χ4n) is 3.03. The van der Waals surface area contributed by atoms with Crippen molar-refractivity contribution in [3.05, 3.63) is 64.0 Å². The van der Waals surface area contributed by atoms with E-state index in [1.807, 2.05) is 0 Å². The largest absolute Gasteiger partial charge is 0.379 e. The zero-order valence-corrected chi connectivity index (χ0v) is 16.1. The summed E-state index contributed by atoms with van der Waals surface area (Å²) < 4.78 is 46.8. The summed E-state index contributed by atoms with van der Waals surface area (Å²) in [5.74, 6) is -0.408. The zero-order chi connectivity index (χ0) is 20.3. The molecule has 0 spiro atoms. The van der Waals surface area contributed by atoms with Crippen molar-refractivity contribution in [3.63, 3.8) is 0 Å². The molecule has 1 fully saturated rings. The number of rotatable bonds is 6. The van der Waals surface area contributed by atoms with Gasteiger partial charge in [0, 0.05) is 44.4 Å². The van der Waals surface area contributed by atoms with Crippen molar-refractivity contribution in [1.29, 1.82) is 0 Å². The minimum Gasteiger partial charge on any atom is -0.379 e. The van der Waals surface area contributed by atoms with Crippen LogP contribution in [0.15, 0.2) is 47.4 Å². The Balaban J connectivity index is 2.03. The molecule has 0 unspecified atom stereocenters. The topological polar surface area (TPSA) is 93.0 Å². The summed E-state index contributed by atoms with van der Waals surface area (Å²) in [6, 6.07) is 9.86. The van der Waals surface area contributed by atoms with Crippen molar-refractivity contribution in [1.82, 2.24) is 4.31 Å². The molecule has 3 rings (SSSR count). The fourth-order valence-corrected chi connectivity index (χ4v) is 4.70. The van der Waals surface area contributed by atoms with Gasteiger partial charge in [-0.2, -0.15) is 4.31 Å². The molecule has 0 amide bonds. The van der Waals surface area contributed by atoms with Crippen molar-refractivity contribution in [2.45, 2.75) is 11.4 Å². The van der Waals surface area contributed by atoms with Crippen molar-refractivity contribution in [3.8, 4) is 0 Å². The molecule has 1 aliphatic rings. The van der Waals surface area contributed by atoms with Crippen LogP contribution < -0.4 is 4.90 Å². The van der Waals surface area contributed by atoms with E-state index in [-0.39, 0.29) is 49.1 Å². The summed E-state index contributed by atoms with van der Waals surface area (Å²) in [7, 11) is -2.37. The van der Waals surface area contributed by atoms with Gasteiger partial charge in [0.1, 0.15) is 10.7 Å². The van der Waals surface area contributed by atoms with Gasteiger partial charge in [0.15, 0.2) is 0 Å². The van der Waals surface area contributed by atoms with Gasteiger partial charge in [-0.05, 0) is 12.1 Å². The Bertz CT molecular complexity index is 977. The molecule has 2 aromatic rings. The molecule has 150 valence electrons. The van der Waals surface area contributed by atoms with Crippen LogP contribution in [-0.2, 0) is 21.3 Å². The molecule has 0 atom stereocenters. The van der Waals surface area contributed by atoms with E-state index in [1.165, 1.54) is 22.5 Å². The predicted molar refractivity (Wildman–Crippen MR) is 101 cm³/mol. The lowest BCUT2D eigenvalue weighted by Crippen LogP contribution is -2.41. The highest BCUT2D eigenvalue weighted by Gasteiger charge is 2.31. The number of benzene rings is 2. The lowest BCUT2D eigenvalue weighted by molar-refractivity contribution is -0.385. The smallest absolute Gasteiger partial charge is 0.270 e. The maximum Gasteiger partial charge on any atom is 0.270 e. The molecular weight excluding hydrogens is 389 g/mol. The number of hydrogen-bond acceptors (Lipinski definition) is 6. The molecule has 8 nitrogen and oxygen atoms in total. The van der Waals surface area contributed by atoms with Gasteiger partial charge in [-0.25, -0.2) is 12.8 Å². The second-order valence-electron chi connectivity index (χ2n) is 6.37. The van der Waals surface area contributed by atoms with Crippen molar-refractivity contribution < 1.29 is 22.5 Å². The lowest BCUT2D eigenvalue weighted by Gasteiger charge is -2.29. The van der Waals surface area contributed by atoms with Crippen molar-refractivity contribution in [2.24, 2.45) is 0 Å². The summed E-state index contributed by atoms with van der Waals surface area (Å²) in [4.78, 5) is 11.9. The Morgan fingerprint density at radius 3 is 2.54 bits per heavy atom. The van der Waals surface area contributed by atoms with Crippen LogP contribution in [0.4, 0.5) is 15.8 Å². The third-order valence-corrected chi connectivity index (χ3v) is 6.45. The van der Waals surface area contributed by atoms with Gasteiger partial charge in [0.05, 0.1) is 23.8 Å². The molecule has 0 bridgehead atoms. The summed E-state index contributed by atoms with van der Waals surface area (Å²) in [6.45, 7) is 0.961. The van der Waals surface area contributed by atoms with Crippen LogP contribution >= 0.6 is 0 Å². The third kappa shape index (κ3) is 4.13. The van der Waals surface area contributed by atoms with E-state index in [1.54, 1.807) is 30.1 Å². The number of sulfonamides is 1. The van der Waals surface area contributed by atoms with E-state index in [0.29, 0.717) is 5.56 Å². The fraction of sp³-hybridized carbons (Fsp3) is 0.333. The molecule has 0 aromatic heterocycles. The molecule has 0 radical (unpaired) electrons. The third-order valence-electron chi connectivity index (χ3n) is 4.52. The van der Waals surface area contributed by atoms with Crippen LogP contribution in [0.3, 0.4) is 0 Å². The Hall–Kier alpha value is -2.56. The monoisotopic (exact) mass is 409 g/mol. The summed E-state index contributed by atoms with van der Waals surface area (Å²) in [6.07, 6.45) is 0. The summed E-state index contributed by atoms with van der Waals surface area (Å²) >= 11 is 0. The second kappa shape index (κ2) is 8.21. The number of halogens is 1. The van der Waals surface area contributed by atoms with E-state index >= 15 is 0 Å². The van der Waals surface area contributed by atoms with Gasteiger partial charge in [-0.15, -0.1) is 0 Å². The number of anilines is 1. The standard InChI is InChI=1S/C18H20FN3O5S/c1-20(13-14-4-2-3-5-16(14)19)17-7-6-15(22(23)24)12-18(17)28(25,26)21-8-10-27-11-9-21/h2-7,12H,8-11,13H2,1H3. The van der Waals surface area contributed by atoms with Crippen LogP contribution in [0, 0.1) is 15.9 Å². The van der Waals surface area contributed by atoms with Crippen molar-refractivity contribution in [2.75, 3.05) is 38.3 Å². The van der Waals surface area contributed by atoms with E-state index in [0.717, 1.165) is 6.07 Å². The average Bonchev–Trinajstić information content (AvgIpc) is 2.69. The summed E-state index contributed by atoms with van der Waals surface area (Å²) in [5, 5.41) is 11.2. The first-order valence-corrected chi connectivity index (χ1v) is 10.1. The van der Waals surface area contributed by atoms with E-state index in [4.69, 9.17) is 4.74 Å². The van der Waals surface area contributed by atoms with Crippen LogP contribution in [0.25, 0.3) is 0 Å². The predicted octanol–water partition coefficient (Wildman–Crippen LogP) is 2.39. The molecule has 1 heterocycles. The van der Waals surface area contributed by atoms with Crippen LogP contribution in [0.2, 0.25) is 0 Å². The van der Waals surface area contributed by atoms with Gasteiger partial charge in [0.2, 0.25) is 10.0 Å². The zero-order valence-electron chi connectivity index (χ0n) is 15.2. The quantitative estimate of drug-likeness (QED) is 0.537. The number of hydrogen-bond donors (Lipinski definition) is 0. The maximum atomic E-state index is 14.0. The Labute approximate surface area is 162 Å². The van der Waals surface area contributed by atoms with E-state index in [2.05, 4.69) is 0 Å². The van der Waals surface area contributed by atoms with Gasteiger partial charge in [-0.3, -0.25) is 10.1 Å². The molecule has 0 saturated carbocycles. The number of morpholine rings is 1. The molecule has 28 heavy (non-hydrogen) atoms. The first kappa shape index (κ1) is 20.2. The number of nitrogens with zero attached hydrogens (tertiary/aromatic N) is 3. The van der Waals surface area contributed by atoms with Gasteiger partial charge < -0.3 is 9.64 Å². The van der Waals surface area contributed by atoms with Crippen LogP contribution in [0.1, 0.15) is 5.56 Å². The molecule has 1 saturated heterocycles. The molecule has 2 aromatic carbocycles. The second-order valence-corrected chi connectivity index (χ2v) is 8.28. The van der Waals surface area contributed by atoms with Crippen LogP contribution in [0.5, 0.6) is 0 Å². The molecule has 10 heteroatoms. The first-order valence-electron chi connectivity index (χ1n) is 8.61. The molecular formula is C18H20FN3O5S. The Morgan fingerprint density at radius 2 is 1.89 bits per heavy atom. The molecule has 1 aliphatic heterocycles. The van der Waals surface area contributed by atoms with Crippen molar-refractivity contribution >= 4 is 21.4 Å². The highest BCUT2D eigenvalue weighted by Crippen LogP contribution is 2.32. The normalized spacial score (nSPS) is 15.4. The van der Waals surface area contributed by atoms with E-state index in [9.17, 15) is 22.9 Å². The number of nitro groups is 1. The highest BCUT2D eigenvalue weighted by molar-refractivity contribution is 7.89. The SMILES string of the molecule is CN(Cc1ccccc1F)c1ccc([N+](=O)[O-])cc1S(=O)(=O)N1CCOCC1. The number of ether oxygens (including phenoxy) is 1. The minimum absolute atomic E-state index is 0.107. The Morgan fingerprint density at radius 1 is 1.21 bits per heavy atom. The van der Waals surface area contributed by atoms with Gasteiger partial charge >= 0.3 is 0 Å². The van der Waals surface area contributed by atoms with Gasteiger partial charge in [0.25, 0.3) is 5.69 Å².